The molecule has 1 aliphatic heterocycles. The summed E-state index contributed by atoms with van der Waals surface area (Å²) >= 11 is 0. The van der Waals surface area contributed by atoms with E-state index in [1.54, 1.807) is 26.0 Å². The predicted molar refractivity (Wildman–Crippen MR) is 76.7 cm³/mol. The summed E-state index contributed by atoms with van der Waals surface area (Å²) in [7, 11) is 0. The summed E-state index contributed by atoms with van der Waals surface area (Å²) in [5.74, 6) is -1.42. The SMILES string of the molecule is CCNc1ccnc(C(=O)N2CC(=O)NC(=O)C2(C)C)c1. The van der Waals surface area contributed by atoms with Crippen LogP contribution in [0.5, 0.6) is 0 Å². The van der Waals surface area contributed by atoms with Crippen LogP contribution < -0.4 is 10.6 Å². The number of hydrogen-bond acceptors (Lipinski definition) is 5. The minimum Gasteiger partial charge on any atom is -0.385 e. The predicted octanol–water partition coefficient (Wildman–Crippen LogP) is 0.391. The van der Waals surface area contributed by atoms with E-state index in [4.69, 9.17) is 0 Å². The van der Waals surface area contributed by atoms with Crippen LogP contribution in [-0.2, 0) is 9.59 Å². The molecule has 0 bridgehead atoms. The number of aromatic nitrogens is 1. The fourth-order valence-electron chi connectivity index (χ4n) is 2.11. The lowest BCUT2D eigenvalue weighted by molar-refractivity contribution is -0.143. The van der Waals surface area contributed by atoms with Gasteiger partial charge in [0.1, 0.15) is 17.8 Å². The average molecular weight is 290 g/mol. The summed E-state index contributed by atoms with van der Waals surface area (Å²) in [6.07, 6.45) is 1.52. The standard InChI is InChI=1S/C14H18N4O3/c1-4-15-9-5-6-16-10(7-9)12(20)18-8-11(19)17-13(21)14(18,2)3/h5-7H,4,8H2,1-3H3,(H,15,16)(H,17,19,21). The number of nitrogens with one attached hydrogen (secondary N) is 2. The molecular formula is C14H18N4O3. The molecule has 1 aromatic rings. The zero-order valence-corrected chi connectivity index (χ0v) is 12.3. The molecule has 2 rings (SSSR count). The number of rotatable bonds is 3. The molecule has 1 aliphatic rings. The normalized spacial score (nSPS) is 17.4. The molecule has 2 N–H and O–H groups in total. The number of hydrogen-bond donors (Lipinski definition) is 2. The summed E-state index contributed by atoms with van der Waals surface area (Å²) in [5.41, 5.74) is -0.133. The van der Waals surface area contributed by atoms with Crippen molar-refractivity contribution in [3.8, 4) is 0 Å². The Kier molecular flexibility index (Phi) is 3.93. The zero-order valence-electron chi connectivity index (χ0n) is 12.3. The second-order valence-corrected chi connectivity index (χ2v) is 5.29. The highest BCUT2D eigenvalue weighted by molar-refractivity contribution is 6.08. The van der Waals surface area contributed by atoms with Crippen LogP contribution in [0, 0.1) is 0 Å². The molecule has 1 saturated heterocycles. The van der Waals surface area contributed by atoms with Crippen LogP contribution >= 0.6 is 0 Å². The van der Waals surface area contributed by atoms with Gasteiger partial charge in [-0.15, -0.1) is 0 Å². The molecule has 0 unspecified atom stereocenters. The Morgan fingerprint density at radius 1 is 1.48 bits per heavy atom. The number of anilines is 1. The van der Waals surface area contributed by atoms with Crippen molar-refractivity contribution in [2.24, 2.45) is 0 Å². The number of amides is 3. The van der Waals surface area contributed by atoms with Crippen molar-refractivity contribution in [2.45, 2.75) is 26.3 Å². The lowest BCUT2D eigenvalue weighted by Gasteiger charge is -2.39. The van der Waals surface area contributed by atoms with Crippen LogP contribution in [0.4, 0.5) is 5.69 Å². The van der Waals surface area contributed by atoms with Gasteiger partial charge in [0.15, 0.2) is 0 Å². The molecule has 2 heterocycles. The molecule has 3 amide bonds. The topological polar surface area (TPSA) is 91.4 Å². The van der Waals surface area contributed by atoms with Gasteiger partial charge in [-0.25, -0.2) is 0 Å². The Bertz CT molecular complexity index is 598. The molecule has 0 atom stereocenters. The van der Waals surface area contributed by atoms with Gasteiger partial charge in [-0.2, -0.15) is 0 Å². The van der Waals surface area contributed by atoms with Crippen molar-refractivity contribution in [3.63, 3.8) is 0 Å². The summed E-state index contributed by atoms with van der Waals surface area (Å²) in [6, 6.07) is 3.36. The third kappa shape index (κ3) is 2.86. The molecule has 0 spiro atoms. The van der Waals surface area contributed by atoms with Gasteiger partial charge in [0.2, 0.25) is 5.91 Å². The summed E-state index contributed by atoms with van der Waals surface area (Å²) in [5, 5.41) is 5.32. The number of imide groups is 1. The molecule has 21 heavy (non-hydrogen) atoms. The van der Waals surface area contributed by atoms with Crippen molar-refractivity contribution < 1.29 is 14.4 Å². The first-order valence-electron chi connectivity index (χ1n) is 6.72. The van der Waals surface area contributed by atoms with Crippen molar-refractivity contribution in [1.29, 1.82) is 0 Å². The first-order valence-corrected chi connectivity index (χ1v) is 6.72. The van der Waals surface area contributed by atoms with E-state index in [-0.39, 0.29) is 12.2 Å². The highest BCUT2D eigenvalue weighted by Crippen LogP contribution is 2.21. The maximum Gasteiger partial charge on any atom is 0.273 e. The van der Waals surface area contributed by atoms with Crippen LogP contribution in [0.3, 0.4) is 0 Å². The Hall–Kier alpha value is -2.44. The summed E-state index contributed by atoms with van der Waals surface area (Å²) in [6.45, 7) is 5.69. The van der Waals surface area contributed by atoms with Crippen LogP contribution in [0.25, 0.3) is 0 Å². The van der Waals surface area contributed by atoms with Crippen LogP contribution in [0.2, 0.25) is 0 Å². The van der Waals surface area contributed by atoms with Gasteiger partial charge in [-0.3, -0.25) is 24.7 Å². The first-order chi connectivity index (χ1) is 9.86. The fourth-order valence-corrected chi connectivity index (χ4v) is 2.11. The average Bonchev–Trinajstić information content (AvgIpc) is 2.43. The molecule has 0 radical (unpaired) electrons. The largest absolute Gasteiger partial charge is 0.385 e. The number of pyridine rings is 1. The van der Waals surface area contributed by atoms with Gasteiger partial charge < -0.3 is 10.2 Å². The van der Waals surface area contributed by atoms with E-state index < -0.39 is 23.3 Å². The molecule has 0 aromatic carbocycles. The molecule has 0 aliphatic carbocycles. The molecule has 1 fully saturated rings. The van der Waals surface area contributed by atoms with E-state index in [1.807, 2.05) is 6.92 Å². The van der Waals surface area contributed by atoms with Gasteiger partial charge in [0.25, 0.3) is 11.8 Å². The van der Waals surface area contributed by atoms with E-state index in [1.165, 1.54) is 11.1 Å². The number of carbonyl (C=O) groups excluding carboxylic acids is 3. The van der Waals surface area contributed by atoms with Crippen molar-refractivity contribution in [2.75, 3.05) is 18.4 Å². The Labute approximate surface area is 122 Å². The first kappa shape index (κ1) is 15.0. The van der Waals surface area contributed by atoms with Crippen LogP contribution in [0.15, 0.2) is 18.3 Å². The third-order valence-corrected chi connectivity index (χ3v) is 3.39. The smallest absolute Gasteiger partial charge is 0.273 e. The number of carbonyl (C=O) groups is 3. The molecule has 112 valence electrons. The van der Waals surface area contributed by atoms with Crippen LogP contribution in [0.1, 0.15) is 31.3 Å². The molecule has 7 nitrogen and oxygen atoms in total. The van der Waals surface area contributed by atoms with Crippen LogP contribution in [-0.4, -0.2) is 46.2 Å². The Balaban J connectivity index is 2.31. The fraction of sp³-hybridized carbons (Fsp3) is 0.429. The maximum atomic E-state index is 12.6. The second-order valence-electron chi connectivity index (χ2n) is 5.29. The van der Waals surface area contributed by atoms with Gasteiger partial charge in [0.05, 0.1) is 0 Å². The van der Waals surface area contributed by atoms with Crippen molar-refractivity contribution in [1.82, 2.24) is 15.2 Å². The van der Waals surface area contributed by atoms with E-state index in [0.29, 0.717) is 6.54 Å². The number of piperazine rings is 1. The Morgan fingerprint density at radius 3 is 2.86 bits per heavy atom. The molecule has 0 saturated carbocycles. The quantitative estimate of drug-likeness (QED) is 0.786. The Morgan fingerprint density at radius 2 is 2.19 bits per heavy atom. The van der Waals surface area contributed by atoms with Gasteiger partial charge in [-0.05, 0) is 32.9 Å². The van der Waals surface area contributed by atoms with Gasteiger partial charge in [-0.1, -0.05) is 0 Å². The summed E-state index contributed by atoms with van der Waals surface area (Å²) in [4.78, 5) is 41.2. The highest BCUT2D eigenvalue weighted by Gasteiger charge is 2.44. The van der Waals surface area contributed by atoms with Gasteiger partial charge >= 0.3 is 0 Å². The molecular weight excluding hydrogens is 272 g/mol. The lowest BCUT2D eigenvalue weighted by atomic mass is 9.98. The second kappa shape index (κ2) is 5.51. The maximum absolute atomic E-state index is 12.6. The molecule has 1 aromatic heterocycles. The van der Waals surface area contributed by atoms with E-state index in [9.17, 15) is 14.4 Å². The lowest BCUT2D eigenvalue weighted by Crippen LogP contribution is -2.65. The third-order valence-electron chi connectivity index (χ3n) is 3.39. The van der Waals surface area contributed by atoms with Crippen molar-refractivity contribution in [3.05, 3.63) is 24.0 Å². The number of nitrogens with zero attached hydrogens (tertiary/aromatic N) is 2. The van der Waals surface area contributed by atoms with E-state index >= 15 is 0 Å². The minimum absolute atomic E-state index is 0.162. The summed E-state index contributed by atoms with van der Waals surface area (Å²) < 4.78 is 0. The zero-order chi connectivity index (χ0) is 15.6. The van der Waals surface area contributed by atoms with E-state index in [0.717, 1.165) is 5.69 Å². The van der Waals surface area contributed by atoms with E-state index in [2.05, 4.69) is 15.6 Å². The van der Waals surface area contributed by atoms with Crippen molar-refractivity contribution >= 4 is 23.4 Å². The highest BCUT2D eigenvalue weighted by atomic mass is 16.2. The molecule has 7 heteroatoms. The monoisotopic (exact) mass is 290 g/mol. The van der Waals surface area contributed by atoms with Gasteiger partial charge in [0, 0.05) is 18.4 Å². The minimum atomic E-state index is -1.10.